The summed E-state index contributed by atoms with van der Waals surface area (Å²) in [5.41, 5.74) is 3.39. The maximum absolute atomic E-state index is 12.6. The van der Waals surface area contributed by atoms with Gasteiger partial charge in [-0.15, -0.1) is 0 Å². The molecule has 0 fully saturated rings. The van der Waals surface area contributed by atoms with Gasteiger partial charge in [-0.1, -0.05) is 36.5 Å². The van der Waals surface area contributed by atoms with Gasteiger partial charge < -0.3 is 4.57 Å². The van der Waals surface area contributed by atoms with Crippen LogP contribution in [-0.2, 0) is 6.54 Å². The second-order valence-electron chi connectivity index (χ2n) is 5.92. The van der Waals surface area contributed by atoms with E-state index in [0.717, 1.165) is 32.2 Å². The fourth-order valence-electron chi connectivity index (χ4n) is 2.93. The van der Waals surface area contributed by atoms with Crippen molar-refractivity contribution in [2.24, 2.45) is 0 Å². The summed E-state index contributed by atoms with van der Waals surface area (Å²) in [5.74, 6) is 0. The van der Waals surface area contributed by atoms with Crippen molar-refractivity contribution in [1.82, 2.24) is 13.5 Å². The summed E-state index contributed by atoms with van der Waals surface area (Å²) in [7, 11) is 0. The number of aromatic nitrogens is 3. The summed E-state index contributed by atoms with van der Waals surface area (Å²) in [5, 5.41) is 1.59. The number of thiol groups is 1. The zero-order valence-corrected chi connectivity index (χ0v) is 16.7. The second kappa shape index (κ2) is 6.95. The fourth-order valence-corrected chi connectivity index (χ4v) is 3.75. The molecular weight excluding hydrogens is 434 g/mol. The molecule has 0 aliphatic heterocycles. The van der Waals surface area contributed by atoms with Gasteiger partial charge in [-0.05, 0) is 51.3 Å². The lowest BCUT2D eigenvalue weighted by Gasteiger charge is -2.07. The first kappa shape index (κ1) is 17.4. The average molecular weight is 447 g/mol. The zero-order valence-electron chi connectivity index (χ0n) is 13.4. The van der Waals surface area contributed by atoms with Crippen LogP contribution in [0.5, 0.6) is 0 Å². The number of rotatable bonds is 3. The highest BCUT2D eigenvalue weighted by atomic mass is 79.9. The van der Waals surface area contributed by atoms with Crippen LogP contribution in [0, 0.1) is 0 Å². The van der Waals surface area contributed by atoms with Crippen LogP contribution < -0.4 is 5.56 Å². The first-order valence-electron chi connectivity index (χ1n) is 7.82. The van der Waals surface area contributed by atoms with Crippen molar-refractivity contribution in [1.29, 1.82) is 0 Å². The predicted molar refractivity (Wildman–Crippen MR) is 112 cm³/mol. The number of fused-ring (bicyclic) bond motifs is 1. The Labute approximate surface area is 168 Å². The zero-order chi connectivity index (χ0) is 18.3. The van der Waals surface area contributed by atoms with Gasteiger partial charge in [0, 0.05) is 45.1 Å². The van der Waals surface area contributed by atoms with E-state index in [4.69, 9.17) is 11.6 Å². The molecule has 4 aromatic rings. The highest BCUT2D eigenvalue weighted by Gasteiger charge is 2.12. The smallest absolute Gasteiger partial charge is 0.251 e. The van der Waals surface area contributed by atoms with E-state index in [1.54, 1.807) is 27.0 Å². The van der Waals surface area contributed by atoms with Gasteiger partial charge in [0.1, 0.15) is 5.65 Å². The van der Waals surface area contributed by atoms with Crippen molar-refractivity contribution < 1.29 is 0 Å². The Morgan fingerprint density at radius 1 is 1.19 bits per heavy atom. The molecule has 0 bridgehead atoms. The Morgan fingerprint density at radius 2 is 2.04 bits per heavy atom. The quantitative estimate of drug-likeness (QED) is 0.449. The molecule has 0 saturated heterocycles. The van der Waals surface area contributed by atoms with Crippen LogP contribution in [-0.4, -0.2) is 13.5 Å². The lowest BCUT2D eigenvalue weighted by atomic mass is 10.1. The number of benzene rings is 1. The minimum atomic E-state index is -0.0782. The van der Waals surface area contributed by atoms with E-state index in [9.17, 15) is 4.79 Å². The van der Waals surface area contributed by atoms with Crippen molar-refractivity contribution in [3.8, 4) is 11.1 Å². The van der Waals surface area contributed by atoms with Gasteiger partial charge in [0.25, 0.3) is 5.56 Å². The normalized spacial score (nSPS) is 11.2. The lowest BCUT2D eigenvalue weighted by molar-refractivity contribution is 0.760. The molecule has 0 saturated carbocycles. The summed E-state index contributed by atoms with van der Waals surface area (Å²) in [6.07, 6.45) is 5.39. The minimum Gasteiger partial charge on any atom is -0.311 e. The summed E-state index contributed by atoms with van der Waals surface area (Å²) >= 11 is 13.9. The van der Waals surface area contributed by atoms with E-state index in [0.29, 0.717) is 11.6 Å². The molecule has 3 aromatic heterocycles. The number of nitrogens with zero attached hydrogens (tertiary/aromatic N) is 3. The van der Waals surface area contributed by atoms with Crippen LogP contribution in [0.3, 0.4) is 0 Å². The molecule has 0 amide bonds. The maximum atomic E-state index is 12.6. The van der Waals surface area contributed by atoms with Crippen molar-refractivity contribution in [3.05, 3.63) is 86.5 Å². The first-order chi connectivity index (χ1) is 12.5. The summed E-state index contributed by atoms with van der Waals surface area (Å²) < 4.78 is 4.19. The number of pyridine rings is 2. The van der Waals surface area contributed by atoms with Gasteiger partial charge in [-0.3, -0.25) is 8.77 Å². The van der Waals surface area contributed by atoms with Crippen molar-refractivity contribution in [2.75, 3.05) is 0 Å². The summed E-state index contributed by atoms with van der Waals surface area (Å²) in [4.78, 5) is 17.0. The predicted octanol–water partition coefficient (Wildman–Crippen LogP) is 5.02. The lowest BCUT2D eigenvalue weighted by Crippen LogP contribution is -2.19. The van der Waals surface area contributed by atoms with E-state index >= 15 is 0 Å². The Kier molecular flexibility index (Phi) is 4.65. The van der Waals surface area contributed by atoms with E-state index in [-0.39, 0.29) is 5.56 Å². The molecule has 4 rings (SSSR count). The molecule has 7 heteroatoms. The number of hydrogen-bond donors (Lipinski definition) is 1. The second-order valence-corrected chi connectivity index (χ2v) is 7.71. The monoisotopic (exact) mass is 445 g/mol. The SMILES string of the molecule is O=c1cc(-c2cn(S)c3ncc(Br)cc23)ccn1Cc1cccc(Cl)c1. The van der Waals surface area contributed by atoms with Crippen molar-refractivity contribution in [3.63, 3.8) is 0 Å². The highest BCUT2D eigenvalue weighted by molar-refractivity contribution is 9.10. The molecule has 26 heavy (non-hydrogen) atoms. The van der Waals surface area contributed by atoms with Crippen LogP contribution in [0.15, 0.2) is 70.3 Å². The Balaban J connectivity index is 1.75. The Hall–Kier alpha value is -2.02. The highest BCUT2D eigenvalue weighted by Crippen LogP contribution is 2.31. The third kappa shape index (κ3) is 3.32. The first-order valence-corrected chi connectivity index (χ1v) is 9.39. The topological polar surface area (TPSA) is 39.8 Å². The van der Waals surface area contributed by atoms with Crippen LogP contribution in [0.1, 0.15) is 5.56 Å². The number of hydrogen-bond acceptors (Lipinski definition) is 3. The van der Waals surface area contributed by atoms with Crippen LogP contribution in [0.4, 0.5) is 0 Å². The van der Waals surface area contributed by atoms with Gasteiger partial charge in [-0.2, -0.15) is 0 Å². The fraction of sp³-hybridized carbons (Fsp3) is 0.0526. The van der Waals surface area contributed by atoms with Crippen LogP contribution >= 0.6 is 40.3 Å². The van der Waals surface area contributed by atoms with Crippen LogP contribution in [0.2, 0.25) is 5.02 Å². The molecule has 3 heterocycles. The molecule has 0 spiro atoms. The standard InChI is InChI=1S/C19H13BrClN3OS/c20-14-8-16-17(11-24(26)19(16)22-9-14)13-4-5-23(18(25)7-13)10-12-2-1-3-15(21)6-12/h1-9,11,26H,10H2. The molecule has 0 atom stereocenters. The minimum absolute atomic E-state index is 0.0782. The molecule has 0 N–H and O–H groups in total. The van der Waals surface area contributed by atoms with Gasteiger partial charge in [0.2, 0.25) is 0 Å². The molecule has 4 nitrogen and oxygen atoms in total. The molecular formula is C19H13BrClN3OS. The largest absolute Gasteiger partial charge is 0.311 e. The average Bonchev–Trinajstić information content (AvgIpc) is 2.93. The third-order valence-corrected chi connectivity index (χ3v) is 5.11. The van der Waals surface area contributed by atoms with E-state index in [2.05, 4.69) is 33.7 Å². The Morgan fingerprint density at radius 3 is 2.81 bits per heavy atom. The summed E-state index contributed by atoms with van der Waals surface area (Å²) in [6.45, 7) is 0.473. The molecule has 0 aliphatic carbocycles. The van der Waals surface area contributed by atoms with E-state index in [1.807, 2.05) is 42.6 Å². The van der Waals surface area contributed by atoms with Gasteiger partial charge in [-0.25, -0.2) is 4.98 Å². The van der Waals surface area contributed by atoms with Crippen molar-refractivity contribution in [2.45, 2.75) is 6.54 Å². The molecule has 1 aromatic carbocycles. The summed E-state index contributed by atoms with van der Waals surface area (Å²) in [6, 6.07) is 13.0. The van der Waals surface area contributed by atoms with Gasteiger partial charge >= 0.3 is 0 Å². The molecule has 0 radical (unpaired) electrons. The maximum Gasteiger partial charge on any atom is 0.251 e. The van der Waals surface area contributed by atoms with E-state index < -0.39 is 0 Å². The number of halogens is 2. The van der Waals surface area contributed by atoms with E-state index in [1.165, 1.54) is 0 Å². The van der Waals surface area contributed by atoms with Crippen LogP contribution in [0.25, 0.3) is 22.2 Å². The van der Waals surface area contributed by atoms with Gasteiger partial charge in [0.15, 0.2) is 0 Å². The molecule has 0 aliphatic rings. The Bertz CT molecular complexity index is 1190. The molecule has 0 unspecified atom stereocenters. The van der Waals surface area contributed by atoms with Gasteiger partial charge in [0.05, 0.1) is 6.54 Å². The van der Waals surface area contributed by atoms with Crippen molar-refractivity contribution >= 4 is 51.4 Å². The third-order valence-electron chi connectivity index (χ3n) is 4.14. The molecule has 130 valence electrons.